The van der Waals surface area contributed by atoms with E-state index in [0.29, 0.717) is 35.4 Å². The maximum absolute atomic E-state index is 12.6. The number of fused-ring (bicyclic) bond motifs is 1. The van der Waals surface area contributed by atoms with Crippen molar-refractivity contribution < 1.29 is 32.2 Å². The number of aromatic nitrogens is 2. The standard InChI is InChI=1S/C30H30F3N3O4S/c1-2-39-27(37)15-19-6-8-21(9-7-19)22-10-12-23(13-11-22)26-18-36-17-25(35-29(36)41-26)28(38)34-16-20-4-3-5-24(14-20)40-30(31,32)33/h3-5,10-14,17-19,21H,2,6-9,15-16H2,1H3,(H,34,38). The molecule has 2 aromatic heterocycles. The third kappa shape index (κ3) is 7.46. The van der Waals surface area contributed by atoms with Gasteiger partial charge in [-0.3, -0.25) is 14.0 Å². The van der Waals surface area contributed by atoms with Gasteiger partial charge in [0.15, 0.2) is 4.96 Å². The van der Waals surface area contributed by atoms with Gasteiger partial charge in [-0.2, -0.15) is 0 Å². The van der Waals surface area contributed by atoms with Crippen LogP contribution in [0.15, 0.2) is 60.9 Å². The van der Waals surface area contributed by atoms with Crippen molar-refractivity contribution in [2.24, 2.45) is 5.92 Å². The Morgan fingerprint density at radius 2 is 1.83 bits per heavy atom. The number of benzene rings is 2. The minimum Gasteiger partial charge on any atom is -0.466 e. The summed E-state index contributed by atoms with van der Waals surface area (Å²) in [7, 11) is 0. The van der Waals surface area contributed by atoms with Crippen LogP contribution in [0.3, 0.4) is 0 Å². The van der Waals surface area contributed by atoms with E-state index in [1.165, 1.54) is 35.1 Å². The second-order valence-corrected chi connectivity index (χ2v) is 11.1. The van der Waals surface area contributed by atoms with E-state index in [1.807, 2.05) is 13.1 Å². The summed E-state index contributed by atoms with van der Waals surface area (Å²) < 4.78 is 48.2. The Balaban J connectivity index is 1.16. The molecule has 0 aliphatic heterocycles. The maximum atomic E-state index is 12.6. The van der Waals surface area contributed by atoms with Gasteiger partial charge in [-0.25, -0.2) is 4.98 Å². The Bertz CT molecular complexity index is 1470. The summed E-state index contributed by atoms with van der Waals surface area (Å²) in [6.45, 7) is 2.29. The summed E-state index contributed by atoms with van der Waals surface area (Å²) in [5.74, 6) is 0.0305. The first-order valence-corrected chi connectivity index (χ1v) is 14.4. The Kier molecular flexibility index (Phi) is 8.63. The highest BCUT2D eigenvalue weighted by Gasteiger charge is 2.31. The van der Waals surface area contributed by atoms with Gasteiger partial charge in [0.25, 0.3) is 5.91 Å². The first kappa shape index (κ1) is 28.7. The minimum atomic E-state index is -4.78. The number of halogens is 3. The Labute approximate surface area is 239 Å². The second kappa shape index (κ2) is 12.3. The number of nitrogens with one attached hydrogen (secondary N) is 1. The van der Waals surface area contributed by atoms with E-state index in [2.05, 4.69) is 39.3 Å². The fraction of sp³-hybridized carbons (Fsp3) is 0.367. The summed E-state index contributed by atoms with van der Waals surface area (Å²) in [5, 5.41) is 2.69. The van der Waals surface area contributed by atoms with Gasteiger partial charge in [0.05, 0.1) is 11.5 Å². The van der Waals surface area contributed by atoms with Gasteiger partial charge in [-0.1, -0.05) is 47.7 Å². The van der Waals surface area contributed by atoms with Crippen molar-refractivity contribution in [3.8, 4) is 16.2 Å². The van der Waals surface area contributed by atoms with Crippen LogP contribution in [0.25, 0.3) is 15.4 Å². The number of amides is 1. The predicted molar refractivity (Wildman–Crippen MR) is 149 cm³/mol. The van der Waals surface area contributed by atoms with Crippen molar-refractivity contribution in [1.29, 1.82) is 0 Å². The average molecular weight is 586 g/mol. The minimum absolute atomic E-state index is 0.0315. The number of nitrogens with zero attached hydrogens (tertiary/aromatic N) is 2. The molecule has 0 radical (unpaired) electrons. The Hall–Kier alpha value is -3.86. The van der Waals surface area contributed by atoms with Crippen LogP contribution in [-0.4, -0.2) is 34.2 Å². The number of esters is 1. The molecule has 2 aromatic carbocycles. The van der Waals surface area contributed by atoms with Crippen LogP contribution in [0, 0.1) is 5.92 Å². The number of carbonyl (C=O) groups is 2. The molecule has 1 saturated carbocycles. The van der Waals surface area contributed by atoms with Gasteiger partial charge >= 0.3 is 12.3 Å². The molecule has 0 atom stereocenters. The highest BCUT2D eigenvalue weighted by Crippen LogP contribution is 2.38. The highest BCUT2D eigenvalue weighted by atomic mass is 32.1. The van der Waals surface area contributed by atoms with Gasteiger partial charge in [-0.15, -0.1) is 13.2 Å². The topological polar surface area (TPSA) is 81.9 Å². The summed E-state index contributed by atoms with van der Waals surface area (Å²) in [4.78, 5) is 30.5. The number of ether oxygens (including phenoxy) is 2. The fourth-order valence-electron chi connectivity index (χ4n) is 5.24. The highest BCUT2D eigenvalue weighted by molar-refractivity contribution is 7.20. The molecule has 0 spiro atoms. The lowest BCUT2D eigenvalue weighted by molar-refractivity contribution is -0.274. The third-order valence-electron chi connectivity index (χ3n) is 7.25. The lowest BCUT2D eigenvalue weighted by Crippen LogP contribution is -2.23. The zero-order chi connectivity index (χ0) is 29.0. The summed E-state index contributed by atoms with van der Waals surface area (Å²) >= 11 is 1.47. The van der Waals surface area contributed by atoms with Crippen LogP contribution in [0.2, 0.25) is 0 Å². The number of rotatable bonds is 9. The lowest BCUT2D eigenvalue weighted by Gasteiger charge is -2.28. The van der Waals surface area contributed by atoms with Crippen LogP contribution in [-0.2, 0) is 16.1 Å². The van der Waals surface area contributed by atoms with Crippen molar-refractivity contribution in [3.63, 3.8) is 0 Å². The van der Waals surface area contributed by atoms with Crippen LogP contribution in [0.1, 0.15) is 66.6 Å². The SMILES string of the molecule is CCOC(=O)CC1CCC(c2ccc(-c3cn4cc(C(=O)NCc5cccc(OC(F)(F)F)c5)nc4s3)cc2)CC1. The van der Waals surface area contributed by atoms with Crippen molar-refractivity contribution in [3.05, 3.63) is 77.7 Å². The van der Waals surface area contributed by atoms with E-state index in [4.69, 9.17) is 4.74 Å². The molecular formula is C30H30F3N3O4S. The number of thiazole rings is 1. The maximum Gasteiger partial charge on any atom is 0.573 e. The number of hydrogen-bond acceptors (Lipinski definition) is 6. The van der Waals surface area contributed by atoms with Gasteiger partial charge in [0.2, 0.25) is 0 Å². The van der Waals surface area contributed by atoms with Crippen molar-refractivity contribution in [1.82, 2.24) is 14.7 Å². The van der Waals surface area contributed by atoms with Gasteiger partial charge in [0.1, 0.15) is 11.4 Å². The predicted octanol–water partition coefficient (Wildman–Crippen LogP) is 7.12. The molecule has 1 fully saturated rings. The molecule has 1 aliphatic rings. The Morgan fingerprint density at radius 3 is 2.51 bits per heavy atom. The fourth-order valence-corrected chi connectivity index (χ4v) is 6.21. The number of alkyl halides is 3. The molecule has 0 bridgehead atoms. The third-order valence-corrected chi connectivity index (χ3v) is 8.29. The van der Waals surface area contributed by atoms with Gasteiger partial charge in [0, 0.05) is 25.4 Å². The molecule has 0 unspecified atom stereocenters. The monoisotopic (exact) mass is 585 g/mol. The van der Waals surface area contributed by atoms with Crippen LogP contribution < -0.4 is 10.1 Å². The lowest BCUT2D eigenvalue weighted by atomic mass is 9.77. The number of carbonyl (C=O) groups excluding carboxylic acids is 2. The van der Waals surface area contributed by atoms with E-state index in [9.17, 15) is 22.8 Å². The van der Waals surface area contributed by atoms with Crippen LogP contribution in [0.5, 0.6) is 5.75 Å². The summed E-state index contributed by atoms with van der Waals surface area (Å²) in [5.41, 5.74) is 3.06. The molecule has 1 aliphatic carbocycles. The molecular weight excluding hydrogens is 555 g/mol. The van der Waals surface area contributed by atoms with E-state index in [-0.39, 0.29) is 24.0 Å². The van der Waals surface area contributed by atoms with Gasteiger partial charge < -0.3 is 14.8 Å². The molecule has 1 N–H and O–H groups in total. The molecule has 4 aromatic rings. The van der Waals surface area contributed by atoms with Crippen LogP contribution >= 0.6 is 11.3 Å². The quantitative estimate of drug-likeness (QED) is 0.212. The zero-order valence-electron chi connectivity index (χ0n) is 22.4. The zero-order valence-corrected chi connectivity index (χ0v) is 23.3. The van der Waals surface area contributed by atoms with E-state index >= 15 is 0 Å². The largest absolute Gasteiger partial charge is 0.573 e. The first-order valence-electron chi connectivity index (χ1n) is 13.5. The van der Waals surface area contributed by atoms with E-state index < -0.39 is 12.3 Å². The average Bonchev–Trinajstić information content (AvgIpc) is 3.52. The first-order chi connectivity index (χ1) is 19.7. The molecule has 7 nitrogen and oxygen atoms in total. The Morgan fingerprint density at radius 1 is 1.07 bits per heavy atom. The normalized spacial score (nSPS) is 17.4. The van der Waals surface area contributed by atoms with Crippen molar-refractivity contribution >= 4 is 28.2 Å². The molecule has 5 rings (SSSR count). The molecule has 2 heterocycles. The number of hydrogen-bond donors (Lipinski definition) is 1. The second-order valence-electron chi connectivity index (χ2n) is 10.1. The number of imidazole rings is 1. The molecule has 41 heavy (non-hydrogen) atoms. The molecule has 216 valence electrons. The van der Waals surface area contributed by atoms with E-state index in [1.54, 1.807) is 16.7 Å². The molecule has 0 saturated heterocycles. The van der Waals surface area contributed by atoms with E-state index in [0.717, 1.165) is 36.1 Å². The van der Waals surface area contributed by atoms with Crippen LogP contribution in [0.4, 0.5) is 13.2 Å². The molecule has 11 heteroatoms. The van der Waals surface area contributed by atoms with Crippen molar-refractivity contribution in [2.75, 3.05) is 6.61 Å². The van der Waals surface area contributed by atoms with Gasteiger partial charge in [-0.05, 0) is 73.3 Å². The smallest absolute Gasteiger partial charge is 0.466 e. The van der Waals surface area contributed by atoms with Crippen molar-refractivity contribution in [2.45, 2.75) is 57.9 Å². The summed E-state index contributed by atoms with van der Waals surface area (Å²) in [6, 6.07) is 14.0. The summed E-state index contributed by atoms with van der Waals surface area (Å²) in [6.07, 6.45) is 3.48. The molecule has 1 amide bonds.